The molecule has 1 rings (SSSR count). The Hall–Kier alpha value is -0.120. The molecular formula is C15H33N3. The zero-order valence-electron chi connectivity index (χ0n) is 12.7. The van der Waals surface area contributed by atoms with Crippen LogP contribution in [0.4, 0.5) is 0 Å². The van der Waals surface area contributed by atoms with E-state index in [1.807, 2.05) is 0 Å². The van der Waals surface area contributed by atoms with Crippen molar-refractivity contribution < 1.29 is 0 Å². The summed E-state index contributed by atoms with van der Waals surface area (Å²) in [6.45, 7) is 14.4. The smallest absolute Gasteiger partial charge is 0.0110 e. The van der Waals surface area contributed by atoms with Crippen LogP contribution in [0.1, 0.15) is 46.5 Å². The van der Waals surface area contributed by atoms with E-state index in [2.05, 4.69) is 30.6 Å². The molecule has 1 aliphatic heterocycles. The van der Waals surface area contributed by atoms with Gasteiger partial charge in [-0.15, -0.1) is 0 Å². The van der Waals surface area contributed by atoms with Crippen LogP contribution < -0.4 is 5.73 Å². The van der Waals surface area contributed by atoms with Crippen molar-refractivity contribution in [3.05, 3.63) is 0 Å². The van der Waals surface area contributed by atoms with Gasteiger partial charge in [-0.1, -0.05) is 20.3 Å². The van der Waals surface area contributed by atoms with E-state index >= 15 is 0 Å². The number of hydrogen-bond acceptors (Lipinski definition) is 3. The van der Waals surface area contributed by atoms with E-state index in [0.717, 1.165) is 5.92 Å². The zero-order chi connectivity index (χ0) is 13.4. The lowest BCUT2D eigenvalue weighted by molar-refractivity contribution is 0.118. The third kappa shape index (κ3) is 6.72. The first-order chi connectivity index (χ1) is 8.61. The van der Waals surface area contributed by atoms with Gasteiger partial charge >= 0.3 is 0 Å². The fourth-order valence-electron chi connectivity index (χ4n) is 2.83. The minimum absolute atomic E-state index is 0.370. The van der Waals surface area contributed by atoms with Crippen LogP contribution in [0.3, 0.4) is 0 Å². The highest BCUT2D eigenvalue weighted by atomic mass is 15.3. The second-order valence-corrected chi connectivity index (χ2v) is 6.16. The molecule has 0 aromatic carbocycles. The van der Waals surface area contributed by atoms with Gasteiger partial charge in [-0.2, -0.15) is 0 Å². The number of hydrogen-bond donors (Lipinski definition) is 1. The van der Waals surface area contributed by atoms with Gasteiger partial charge in [-0.3, -0.25) is 0 Å². The first-order valence-electron chi connectivity index (χ1n) is 7.82. The van der Waals surface area contributed by atoms with Crippen molar-refractivity contribution in [2.45, 2.75) is 52.5 Å². The van der Waals surface area contributed by atoms with Crippen LogP contribution in [0, 0.1) is 5.92 Å². The van der Waals surface area contributed by atoms with E-state index in [9.17, 15) is 0 Å². The van der Waals surface area contributed by atoms with E-state index in [1.165, 1.54) is 65.0 Å². The summed E-state index contributed by atoms with van der Waals surface area (Å²) < 4.78 is 0. The quantitative estimate of drug-likeness (QED) is 0.721. The summed E-state index contributed by atoms with van der Waals surface area (Å²) in [5.41, 5.74) is 5.79. The summed E-state index contributed by atoms with van der Waals surface area (Å²) in [6.07, 6.45) is 5.08. The molecule has 2 atom stereocenters. The number of rotatable bonds is 8. The van der Waals surface area contributed by atoms with E-state index < -0.39 is 0 Å². The molecule has 0 amide bonds. The van der Waals surface area contributed by atoms with Crippen LogP contribution in [0.25, 0.3) is 0 Å². The fourth-order valence-corrected chi connectivity index (χ4v) is 2.83. The molecule has 0 aliphatic carbocycles. The van der Waals surface area contributed by atoms with Gasteiger partial charge < -0.3 is 15.5 Å². The first kappa shape index (κ1) is 15.9. The van der Waals surface area contributed by atoms with E-state index in [-0.39, 0.29) is 0 Å². The van der Waals surface area contributed by atoms with Crippen LogP contribution in [0.5, 0.6) is 0 Å². The van der Waals surface area contributed by atoms with Crippen molar-refractivity contribution in [1.82, 2.24) is 9.80 Å². The van der Waals surface area contributed by atoms with Gasteiger partial charge in [0.1, 0.15) is 0 Å². The van der Waals surface area contributed by atoms with Crippen molar-refractivity contribution in [3.63, 3.8) is 0 Å². The highest BCUT2D eigenvalue weighted by molar-refractivity contribution is 4.73. The predicted octanol–water partition coefficient (Wildman–Crippen LogP) is 2.17. The van der Waals surface area contributed by atoms with Gasteiger partial charge in [0.25, 0.3) is 0 Å². The lowest BCUT2D eigenvalue weighted by Gasteiger charge is -2.35. The number of piperazine rings is 1. The molecule has 1 fully saturated rings. The molecule has 3 heteroatoms. The van der Waals surface area contributed by atoms with Gasteiger partial charge in [0.2, 0.25) is 0 Å². The van der Waals surface area contributed by atoms with Crippen LogP contribution in [-0.2, 0) is 0 Å². The lowest BCUT2D eigenvalue weighted by Crippen LogP contribution is -2.47. The average molecular weight is 255 g/mol. The monoisotopic (exact) mass is 255 g/mol. The molecule has 0 spiro atoms. The molecule has 1 saturated heterocycles. The molecule has 2 N–H and O–H groups in total. The minimum atomic E-state index is 0.370. The van der Waals surface area contributed by atoms with E-state index in [1.54, 1.807) is 0 Å². The molecule has 0 aromatic rings. The van der Waals surface area contributed by atoms with Crippen LogP contribution >= 0.6 is 0 Å². The summed E-state index contributed by atoms with van der Waals surface area (Å²) in [5, 5.41) is 0. The van der Waals surface area contributed by atoms with Gasteiger partial charge in [0.15, 0.2) is 0 Å². The van der Waals surface area contributed by atoms with Crippen LogP contribution in [0.2, 0.25) is 0 Å². The van der Waals surface area contributed by atoms with Crippen molar-refractivity contribution in [2.75, 3.05) is 39.3 Å². The van der Waals surface area contributed by atoms with E-state index in [4.69, 9.17) is 5.73 Å². The Kier molecular flexibility index (Phi) is 7.87. The normalized spacial score (nSPS) is 22.0. The fraction of sp³-hybridized carbons (Fsp3) is 1.00. The molecule has 0 saturated carbocycles. The second-order valence-electron chi connectivity index (χ2n) is 6.16. The van der Waals surface area contributed by atoms with Crippen LogP contribution in [-0.4, -0.2) is 55.1 Å². The Balaban J connectivity index is 2.08. The lowest BCUT2D eigenvalue weighted by atomic mass is 10.0. The summed E-state index contributed by atoms with van der Waals surface area (Å²) in [6, 6.07) is 0.370. The Bertz CT molecular complexity index is 198. The number of nitrogens with zero attached hydrogens (tertiary/aromatic N) is 2. The van der Waals surface area contributed by atoms with E-state index in [0.29, 0.717) is 6.04 Å². The molecule has 2 unspecified atom stereocenters. The highest BCUT2D eigenvalue weighted by Gasteiger charge is 2.17. The number of nitrogens with two attached hydrogens (primary N) is 1. The van der Waals surface area contributed by atoms with Gasteiger partial charge in [0.05, 0.1) is 0 Å². The van der Waals surface area contributed by atoms with Crippen LogP contribution in [0.15, 0.2) is 0 Å². The second kappa shape index (κ2) is 8.89. The SMILES string of the molecule is CCCN1CCN(CC(C)CCCC(C)N)CC1. The Labute approximate surface area is 114 Å². The summed E-state index contributed by atoms with van der Waals surface area (Å²) >= 11 is 0. The van der Waals surface area contributed by atoms with Crippen molar-refractivity contribution in [1.29, 1.82) is 0 Å². The molecular weight excluding hydrogens is 222 g/mol. The average Bonchev–Trinajstić information content (AvgIpc) is 2.31. The Morgan fingerprint density at radius 3 is 2.17 bits per heavy atom. The molecule has 0 aromatic heterocycles. The van der Waals surface area contributed by atoms with Crippen molar-refractivity contribution in [2.24, 2.45) is 11.7 Å². The summed E-state index contributed by atoms with van der Waals surface area (Å²) in [7, 11) is 0. The summed E-state index contributed by atoms with van der Waals surface area (Å²) in [5.74, 6) is 0.821. The largest absolute Gasteiger partial charge is 0.328 e. The molecule has 0 radical (unpaired) electrons. The topological polar surface area (TPSA) is 32.5 Å². The predicted molar refractivity (Wildman–Crippen MR) is 79.8 cm³/mol. The third-order valence-corrected chi connectivity index (χ3v) is 3.93. The van der Waals surface area contributed by atoms with Gasteiger partial charge in [0, 0.05) is 38.8 Å². The zero-order valence-corrected chi connectivity index (χ0v) is 12.7. The molecule has 1 aliphatic rings. The highest BCUT2D eigenvalue weighted by Crippen LogP contribution is 2.12. The maximum Gasteiger partial charge on any atom is 0.0110 e. The Morgan fingerprint density at radius 2 is 1.61 bits per heavy atom. The van der Waals surface area contributed by atoms with Gasteiger partial charge in [-0.25, -0.2) is 0 Å². The molecule has 108 valence electrons. The first-order valence-corrected chi connectivity index (χ1v) is 7.82. The van der Waals surface area contributed by atoms with Gasteiger partial charge in [-0.05, 0) is 38.6 Å². The maximum absolute atomic E-state index is 5.79. The molecule has 18 heavy (non-hydrogen) atoms. The van der Waals surface area contributed by atoms with Crippen molar-refractivity contribution >= 4 is 0 Å². The Morgan fingerprint density at radius 1 is 1.00 bits per heavy atom. The standard InChI is InChI=1S/C15H33N3/c1-4-8-17-9-11-18(12-10-17)13-14(2)6-5-7-15(3)16/h14-15H,4-13,16H2,1-3H3. The molecule has 3 nitrogen and oxygen atoms in total. The maximum atomic E-state index is 5.79. The molecule has 0 bridgehead atoms. The third-order valence-electron chi connectivity index (χ3n) is 3.93. The summed E-state index contributed by atoms with van der Waals surface area (Å²) in [4.78, 5) is 5.24. The minimum Gasteiger partial charge on any atom is -0.328 e. The van der Waals surface area contributed by atoms with Crippen molar-refractivity contribution in [3.8, 4) is 0 Å². The molecule has 1 heterocycles.